The van der Waals surface area contributed by atoms with E-state index in [2.05, 4.69) is 24.8 Å². The normalized spacial score (nSPS) is 22.5. The Kier molecular flexibility index (Phi) is 3.82. The van der Waals surface area contributed by atoms with Crippen molar-refractivity contribution >= 4 is 22.9 Å². The van der Waals surface area contributed by atoms with E-state index >= 15 is 0 Å². The van der Waals surface area contributed by atoms with Gasteiger partial charge in [-0.2, -0.15) is 0 Å². The molecule has 2 aromatic rings. The van der Waals surface area contributed by atoms with Gasteiger partial charge in [-0.1, -0.05) is 0 Å². The van der Waals surface area contributed by atoms with Crippen LogP contribution in [-0.4, -0.2) is 69.6 Å². The van der Waals surface area contributed by atoms with E-state index in [0.29, 0.717) is 25.3 Å². The molecule has 0 aliphatic carbocycles. The van der Waals surface area contributed by atoms with Gasteiger partial charge in [-0.05, 0) is 19.3 Å². The van der Waals surface area contributed by atoms with Crippen LogP contribution in [0, 0.1) is 0 Å². The monoisotopic (exact) mass is 316 g/mol. The van der Waals surface area contributed by atoms with E-state index in [0.717, 1.165) is 37.3 Å². The summed E-state index contributed by atoms with van der Waals surface area (Å²) in [6.07, 6.45) is 6.08. The van der Waals surface area contributed by atoms with Gasteiger partial charge in [0, 0.05) is 19.6 Å². The van der Waals surface area contributed by atoms with Crippen LogP contribution in [0.25, 0.3) is 11.2 Å². The lowest BCUT2D eigenvalue weighted by atomic mass is 10.1. The Labute approximate surface area is 133 Å². The number of carbonyl (C=O) groups excluding carboxylic acids is 1. The molecule has 1 unspecified atom stereocenters. The van der Waals surface area contributed by atoms with Gasteiger partial charge in [0.1, 0.15) is 11.8 Å². The van der Waals surface area contributed by atoms with Gasteiger partial charge in [-0.15, -0.1) is 0 Å². The van der Waals surface area contributed by atoms with Crippen LogP contribution in [0.15, 0.2) is 12.7 Å². The van der Waals surface area contributed by atoms with Crippen LogP contribution in [0.4, 0.5) is 5.82 Å². The summed E-state index contributed by atoms with van der Waals surface area (Å²) in [6.45, 7) is 3.42. The van der Waals surface area contributed by atoms with Crippen molar-refractivity contribution in [3.8, 4) is 0 Å². The fourth-order valence-electron chi connectivity index (χ4n) is 3.30. The molecule has 8 heteroatoms. The molecule has 1 amide bonds. The second-order valence-corrected chi connectivity index (χ2v) is 5.99. The maximum Gasteiger partial charge on any atom is 0.253 e. The average Bonchev–Trinajstić information content (AvgIpc) is 3.10. The van der Waals surface area contributed by atoms with Crippen LogP contribution in [0.3, 0.4) is 0 Å². The predicted molar refractivity (Wildman–Crippen MR) is 84.1 cm³/mol. The standard InChI is InChI=1S/C15H20N6O2/c22-15(20-4-2-1-3-5-20)11-8-21(6-7-23-11)14-12-13(17-9-16-12)18-10-19-14/h9-11H,1-8H2,(H,16,17,18,19). The second-order valence-electron chi connectivity index (χ2n) is 5.99. The Morgan fingerprint density at radius 3 is 2.91 bits per heavy atom. The van der Waals surface area contributed by atoms with E-state index in [4.69, 9.17) is 4.74 Å². The zero-order valence-corrected chi connectivity index (χ0v) is 12.9. The highest BCUT2D eigenvalue weighted by molar-refractivity contribution is 5.85. The molecule has 122 valence electrons. The van der Waals surface area contributed by atoms with Gasteiger partial charge < -0.3 is 19.5 Å². The largest absolute Gasteiger partial charge is 0.365 e. The number of rotatable bonds is 2. The molecule has 0 bridgehead atoms. The van der Waals surface area contributed by atoms with Crippen molar-refractivity contribution in [1.29, 1.82) is 0 Å². The number of nitrogens with zero attached hydrogens (tertiary/aromatic N) is 5. The number of ether oxygens (including phenoxy) is 1. The number of carbonyl (C=O) groups is 1. The highest BCUT2D eigenvalue weighted by Crippen LogP contribution is 2.22. The van der Waals surface area contributed by atoms with E-state index in [1.165, 1.54) is 12.7 Å². The first-order valence-corrected chi connectivity index (χ1v) is 8.12. The summed E-state index contributed by atoms with van der Waals surface area (Å²) in [5, 5.41) is 0. The molecule has 23 heavy (non-hydrogen) atoms. The number of imidazole rings is 1. The first-order chi connectivity index (χ1) is 11.3. The molecule has 2 fully saturated rings. The molecule has 0 spiro atoms. The van der Waals surface area contributed by atoms with Crippen molar-refractivity contribution < 1.29 is 9.53 Å². The Morgan fingerprint density at radius 1 is 1.17 bits per heavy atom. The Balaban J connectivity index is 1.52. The number of anilines is 1. The van der Waals surface area contributed by atoms with Gasteiger partial charge >= 0.3 is 0 Å². The SMILES string of the molecule is O=C(C1CN(c2ncnc3nc[nH]c23)CCO1)N1CCCCC1. The summed E-state index contributed by atoms with van der Waals surface area (Å²) in [4.78, 5) is 32.4. The molecule has 4 heterocycles. The number of aromatic amines is 1. The van der Waals surface area contributed by atoms with E-state index < -0.39 is 6.10 Å². The molecule has 8 nitrogen and oxygen atoms in total. The highest BCUT2D eigenvalue weighted by Gasteiger charge is 2.32. The van der Waals surface area contributed by atoms with Crippen molar-refractivity contribution in [2.24, 2.45) is 0 Å². The number of aromatic nitrogens is 4. The molecule has 2 aliphatic rings. The maximum absolute atomic E-state index is 12.7. The lowest BCUT2D eigenvalue weighted by Gasteiger charge is -2.36. The fourth-order valence-corrected chi connectivity index (χ4v) is 3.30. The van der Waals surface area contributed by atoms with Gasteiger partial charge in [0.2, 0.25) is 0 Å². The lowest BCUT2D eigenvalue weighted by molar-refractivity contribution is -0.145. The molecular formula is C15H20N6O2. The van der Waals surface area contributed by atoms with Gasteiger partial charge in [0.25, 0.3) is 5.91 Å². The summed E-state index contributed by atoms with van der Waals surface area (Å²) < 4.78 is 5.74. The van der Waals surface area contributed by atoms with Gasteiger partial charge in [-0.3, -0.25) is 4.79 Å². The molecule has 2 saturated heterocycles. The minimum atomic E-state index is -0.421. The van der Waals surface area contributed by atoms with Crippen molar-refractivity contribution in [2.75, 3.05) is 37.7 Å². The van der Waals surface area contributed by atoms with Gasteiger partial charge in [-0.25, -0.2) is 15.0 Å². The van der Waals surface area contributed by atoms with E-state index in [1.807, 2.05) is 4.90 Å². The van der Waals surface area contributed by atoms with Crippen molar-refractivity contribution in [3.05, 3.63) is 12.7 Å². The number of likely N-dealkylation sites (tertiary alicyclic amines) is 1. The van der Waals surface area contributed by atoms with E-state index in [-0.39, 0.29) is 5.91 Å². The first kappa shape index (κ1) is 14.4. The smallest absolute Gasteiger partial charge is 0.253 e. The third-order valence-electron chi connectivity index (χ3n) is 4.51. The summed E-state index contributed by atoms with van der Waals surface area (Å²) in [5.74, 6) is 0.886. The predicted octanol–water partition coefficient (Wildman–Crippen LogP) is 0.571. The maximum atomic E-state index is 12.7. The molecule has 1 atom stereocenters. The van der Waals surface area contributed by atoms with Crippen LogP contribution in [-0.2, 0) is 9.53 Å². The van der Waals surface area contributed by atoms with Gasteiger partial charge in [0.15, 0.2) is 17.6 Å². The highest BCUT2D eigenvalue weighted by atomic mass is 16.5. The topological polar surface area (TPSA) is 87.2 Å². The average molecular weight is 316 g/mol. The number of hydrogen-bond donors (Lipinski definition) is 1. The van der Waals surface area contributed by atoms with Crippen molar-refractivity contribution in [3.63, 3.8) is 0 Å². The molecule has 0 radical (unpaired) electrons. The van der Waals surface area contributed by atoms with Crippen LogP contribution in [0.2, 0.25) is 0 Å². The molecule has 1 N–H and O–H groups in total. The van der Waals surface area contributed by atoms with E-state index in [1.54, 1.807) is 6.33 Å². The molecule has 0 aromatic carbocycles. The third-order valence-corrected chi connectivity index (χ3v) is 4.51. The zero-order valence-electron chi connectivity index (χ0n) is 12.9. The first-order valence-electron chi connectivity index (χ1n) is 8.12. The number of amides is 1. The zero-order chi connectivity index (χ0) is 15.6. The fraction of sp³-hybridized carbons (Fsp3) is 0.600. The Bertz CT molecular complexity index is 696. The number of nitrogens with one attached hydrogen (secondary N) is 1. The number of H-pyrrole nitrogens is 1. The van der Waals surface area contributed by atoms with Crippen molar-refractivity contribution in [1.82, 2.24) is 24.8 Å². The minimum Gasteiger partial charge on any atom is -0.365 e. The number of piperidine rings is 1. The second kappa shape index (κ2) is 6.11. The number of hydrogen-bond acceptors (Lipinski definition) is 6. The Hall–Kier alpha value is -2.22. The molecule has 2 aromatic heterocycles. The molecule has 0 saturated carbocycles. The third kappa shape index (κ3) is 2.74. The molecule has 4 rings (SSSR count). The quantitative estimate of drug-likeness (QED) is 0.871. The number of morpholine rings is 1. The summed E-state index contributed by atoms with van der Waals surface area (Å²) >= 11 is 0. The molecular weight excluding hydrogens is 296 g/mol. The minimum absolute atomic E-state index is 0.101. The van der Waals surface area contributed by atoms with Crippen molar-refractivity contribution in [2.45, 2.75) is 25.4 Å². The molecule has 2 aliphatic heterocycles. The summed E-state index contributed by atoms with van der Waals surface area (Å²) in [6, 6.07) is 0. The summed E-state index contributed by atoms with van der Waals surface area (Å²) in [7, 11) is 0. The van der Waals surface area contributed by atoms with Crippen LogP contribution >= 0.6 is 0 Å². The lowest BCUT2D eigenvalue weighted by Crippen LogP contribution is -2.52. The Morgan fingerprint density at radius 2 is 2.04 bits per heavy atom. The summed E-state index contributed by atoms with van der Waals surface area (Å²) in [5.41, 5.74) is 1.44. The van der Waals surface area contributed by atoms with Crippen LogP contribution < -0.4 is 4.90 Å². The van der Waals surface area contributed by atoms with Crippen LogP contribution in [0.5, 0.6) is 0 Å². The van der Waals surface area contributed by atoms with Gasteiger partial charge in [0.05, 0.1) is 19.5 Å². The van der Waals surface area contributed by atoms with E-state index in [9.17, 15) is 4.79 Å². The number of fused-ring (bicyclic) bond motifs is 1. The van der Waals surface area contributed by atoms with Crippen LogP contribution in [0.1, 0.15) is 19.3 Å².